The lowest BCUT2D eigenvalue weighted by atomic mass is 10.0. The summed E-state index contributed by atoms with van der Waals surface area (Å²) in [6.45, 7) is 8.50. The minimum atomic E-state index is -4.45. The first-order chi connectivity index (χ1) is 11.5. The SMILES string of the molecule is C=CCc1cc(C(F)(F)F)ccc1NC(=O)C(C)(C)N/C=C(/C)C=N. The van der Waals surface area contributed by atoms with E-state index in [-0.39, 0.29) is 6.42 Å². The molecule has 0 bridgehead atoms. The van der Waals surface area contributed by atoms with Gasteiger partial charge in [-0.2, -0.15) is 13.2 Å². The summed E-state index contributed by atoms with van der Waals surface area (Å²) in [6, 6.07) is 3.19. The molecule has 0 heterocycles. The number of carbonyl (C=O) groups excluding carboxylic acids is 1. The molecule has 4 nitrogen and oxygen atoms in total. The van der Waals surface area contributed by atoms with E-state index in [9.17, 15) is 18.0 Å². The lowest BCUT2D eigenvalue weighted by Gasteiger charge is -2.25. The Hall–Kier alpha value is -2.57. The summed E-state index contributed by atoms with van der Waals surface area (Å²) < 4.78 is 38.6. The van der Waals surface area contributed by atoms with Crippen molar-refractivity contribution in [2.75, 3.05) is 5.32 Å². The molecule has 0 fully saturated rings. The van der Waals surface area contributed by atoms with E-state index < -0.39 is 23.2 Å². The minimum absolute atomic E-state index is 0.195. The zero-order valence-electron chi connectivity index (χ0n) is 14.4. The lowest BCUT2D eigenvalue weighted by Crippen LogP contribution is -2.47. The molecule has 0 aliphatic carbocycles. The number of hydrogen-bond acceptors (Lipinski definition) is 3. The molecule has 3 N–H and O–H groups in total. The molecule has 1 aromatic rings. The van der Waals surface area contributed by atoms with Crippen LogP contribution >= 0.6 is 0 Å². The zero-order chi connectivity index (χ0) is 19.3. The normalized spacial score (nSPS) is 12.5. The molecule has 0 unspecified atom stereocenters. The van der Waals surface area contributed by atoms with Crippen LogP contribution in [-0.4, -0.2) is 17.7 Å². The van der Waals surface area contributed by atoms with Gasteiger partial charge in [-0.05, 0) is 56.5 Å². The second-order valence-electron chi connectivity index (χ2n) is 6.12. The molecule has 0 aliphatic heterocycles. The number of alkyl halides is 3. The van der Waals surface area contributed by atoms with Crippen LogP contribution < -0.4 is 10.6 Å². The second-order valence-corrected chi connectivity index (χ2v) is 6.12. The Morgan fingerprint density at radius 3 is 2.48 bits per heavy atom. The Morgan fingerprint density at radius 1 is 1.32 bits per heavy atom. The van der Waals surface area contributed by atoms with Gasteiger partial charge in [0.1, 0.15) is 5.54 Å². The van der Waals surface area contributed by atoms with Gasteiger partial charge in [0.2, 0.25) is 5.91 Å². The molecule has 0 saturated carbocycles. The Morgan fingerprint density at radius 2 is 1.96 bits per heavy atom. The van der Waals surface area contributed by atoms with E-state index in [1.807, 2.05) is 0 Å². The van der Waals surface area contributed by atoms with Crippen LogP contribution in [0.3, 0.4) is 0 Å². The first kappa shape index (κ1) is 20.5. The Kier molecular flexibility index (Phi) is 6.55. The quantitative estimate of drug-likeness (QED) is 0.506. The number of hydrogen-bond donors (Lipinski definition) is 3. The summed E-state index contributed by atoms with van der Waals surface area (Å²) in [4.78, 5) is 12.5. The topological polar surface area (TPSA) is 65.0 Å². The molecule has 1 rings (SSSR count). The maximum Gasteiger partial charge on any atom is 0.416 e. The van der Waals surface area contributed by atoms with Crippen LogP contribution in [0.15, 0.2) is 42.6 Å². The highest BCUT2D eigenvalue weighted by molar-refractivity contribution is 5.98. The van der Waals surface area contributed by atoms with E-state index in [1.54, 1.807) is 20.8 Å². The van der Waals surface area contributed by atoms with Crippen molar-refractivity contribution in [2.24, 2.45) is 0 Å². The van der Waals surface area contributed by atoms with Gasteiger partial charge >= 0.3 is 6.18 Å². The highest BCUT2D eigenvalue weighted by Crippen LogP contribution is 2.32. The largest absolute Gasteiger partial charge is 0.416 e. The Balaban J connectivity index is 3.06. The molecule has 1 aromatic carbocycles. The van der Waals surface area contributed by atoms with Gasteiger partial charge in [0.15, 0.2) is 0 Å². The lowest BCUT2D eigenvalue weighted by molar-refractivity contribution is -0.137. The number of anilines is 1. The van der Waals surface area contributed by atoms with Crippen LogP contribution in [0.5, 0.6) is 0 Å². The number of amides is 1. The molecule has 0 spiro atoms. The minimum Gasteiger partial charge on any atom is -0.377 e. The average molecular weight is 353 g/mol. The van der Waals surface area contributed by atoms with Gasteiger partial charge in [0, 0.05) is 18.1 Å². The third kappa shape index (κ3) is 5.77. The molecule has 0 aromatic heterocycles. The van der Waals surface area contributed by atoms with E-state index in [1.165, 1.54) is 18.3 Å². The standard InChI is InChI=1S/C18H22F3N3O/c1-5-6-13-9-14(18(19,20)21)7-8-15(13)24-16(25)17(3,4)23-11-12(2)10-22/h5,7-11,22-23H,1,6H2,2-4H3,(H,24,25)/b12-11-,22-10?. The molecule has 136 valence electrons. The molecule has 25 heavy (non-hydrogen) atoms. The van der Waals surface area contributed by atoms with Gasteiger partial charge in [0.05, 0.1) is 5.56 Å². The molecule has 0 aliphatic rings. The number of rotatable bonds is 7. The summed E-state index contributed by atoms with van der Waals surface area (Å²) in [7, 11) is 0. The van der Waals surface area contributed by atoms with Crippen LogP contribution in [0.25, 0.3) is 0 Å². The average Bonchev–Trinajstić information content (AvgIpc) is 2.53. The van der Waals surface area contributed by atoms with Crippen molar-refractivity contribution in [3.8, 4) is 0 Å². The predicted molar refractivity (Wildman–Crippen MR) is 93.7 cm³/mol. The molecule has 0 saturated heterocycles. The summed E-state index contributed by atoms with van der Waals surface area (Å²) in [5.74, 6) is -0.411. The number of halogens is 3. The Bertz CT molecular complexity index is 691. The van der Waals surface area contributed by atoms with Crippen molar-refractivity contribution in [1.82, 2.24) is 5.32 Å². The smallest absolute Gasteiger partial charge is 0.377 e. The monoisotopic (exact) mass is 353 g/mol. The fourth-order valence-corrected chi connectivity index (χ4v) is 1.90. The first-order valence-electron chi connectivity index (χ1n) is 7.58. The highest BCUT2D eigenvalue weighted by atomic mass is 19.4. The van der Waals surface area contributed by atoms with Crippen molar-refractivity contribution < 1.29 is 18.0 Å². The molecule has 0 radical (unpaired) electrons. The fourth-order valence-electron chi connectivity index (χ4n) is 1.90. The Labute approximate surface area is 145 Å². The van der Waals surface area contributed by atoms with Crippen LogP contribution in [0.1, 0.15) is 31.9 Å². The van der Waals surface area contributed by atoms with Crippen LogP contribution in [0.2, 0.25) is 0 Å². The third-order valence-corrected chi connectivity index (χ3v) is 3.50. The van der Waals surface area contributed by atoms with Crippen molar-refractivity contribution in [1.29, 1.82) is 5.41 Å². The van der Waals surface area contributed by atoms with E-state index in [2.05, 4.69) is 17.2 Å². The molecule has 0 atom stereocenters. The number of benzene rings is 1. The molecule has 1 amide bonds. The van der Waals surface area contributed by atoms with Gasteiger partial charge in [-0.3, -0.25) is 4.79 Å². The first-order valence-corrected chi connectivity index (χ1v) is 7.58. The van der Waals surface area contributed by atoms with Crippen molar-refractivity contribution >= 4 is 17.8 Å². The second kappa shape index (κ2) is 8.00. The number of allylic oxidation sites excluding steroid dienone is 2. The van der Waals surface area contributed by atoms with Crippen LogP contribution in [-0.2, 0) is 17.4 Å². The molecular weight excluding hydrogens is 331 g/mol. The molecular formula is C18H22F3N3O. The molecule has 7 heteroatoms. The summed E-state index contributed by atoms with van der Waals surface area (Å²) >= 11 is 0. The van der Waals surface area contributed by atoms with Crippen molar-refractivity contribution in [2.45, 2.75) is 38.9 Å². The fraction of sp³-hybridized carbons (Fsp3) is 0.333. The van der Waals surface area contributed by atoms with E-state index in [4.69, 9.17) is 5.41 Å². The third-order valence-electron chi connectivity index (χ3n) is 3.50. The summed E-state index contributed by atoms with van der Waals surface area (Å²) in [5.41, 5.74) is -0.522. The van der Waals surface area contributed by atoms with E-state index in [0.717, 1.165) is 18.3 Å². The van der Waals surface area contributed by atoms with Gasteiger partial charge < -0.3 is 16.0 Å². The van der Waals surface area contributed by atoms with Gasteiger partial charge in [0.25, 0.3) is 0 Å². The van der Waals surface area contributed by atoms with Crippen molar-refractivity contribution in [3.05, 3.63) is 53.8 Å². The van der Waals surface area contributed by atoms with Gasteiger partial charge in [-0.25, -0.2) is 0 Å². The van der Waals surface area contributed by atoms with Crippen molar-refractivity contribution in [3.63, 3.8) is 0 Å². The summed E-state index contributed by atoms with van der Waals surface area (Å²) in [5, 5.41) is 12.7. The number of nitrogens with one attached hydrogen (secondary N) is 3. The van der Waals surface area contributed by atoms with E-state index in [0.29, 0.717) is 16.8 Å². The van der Waals surface area contributed by atoms with Gasteiger partial charge in [-0.1, -0.05) is 6.08 Å². The highest BCUT2D eigenvalue weighted by Gasteiger charge is 2.32. The van der Waals surface area contributed by atoms with Gasteiger partial charge in [-0.15, -0.1) is 6.58 Å². The summed E-state index contributed by atoms with van der Waals surface area (Å²) in [6.07, 6.45) is -0.109. The number of carbonyl (C=O) groups is 1. The van der Waals surface area contributed by atoms with Crippen LogP contribution in [0.4, 0.5) is 18.9 Å². The van der Waals surface area contributed by atoms with Crippen LogP contribution in [0, 0.1) is 5.41 Å². The maximum atomic E-state index is 12.9. The predicted octanol–water partition coefficient (Wildman–Crippen LogP) is 4.29. The maximum absolute atomic E-state index is 12.9. The zero-order valence-corrected chi connectivity index (χ0v) is 14.4. The van der Waals surface area contributed by atoms with E-state index >= 15 is 0 Å².